The van der Waals surface area contributed by atoms with Gasteiger partial charge in [-0.25, -0.2) is 0 Å². The van der Waals surface area contributed by atoms with Crippen LogP contribution in [-0.2, 0) is 19.1 Å². The van der Waals surface area contributed by atoms with Gasteiger partial charge in [-0.2, -0.15) is 0 Å². The molecule has 0 saturated heterocycles. The van der Waals surface area contributed by atoms with E-state index in [0.29, 0.717) is 25.6 Å². The van der Waals surface area contributed by atoms with Crippen LogP contribution in [0.3, 0.4) is 0 Å². The Morgan fingerprint density at radius 3 is 2.00 bits per heavy atom. The molecule has 0 amide bonds. The number of ether oxygens (including phenoxy) is 2. The van der Waals surface area contributed by atoms with Crippen LogP contribution in [0.5, 0.6) is 0 Å². The Kier molecular flexibility index (Phi) is 4.61. The molecular formula is C18H30O4. The Hall–Kier alpha value is -1.06. The Balaban J connectivity index is 2.42. The Bertz CT molecular complexity index is 436. The fourth-order valence-electron chi connectivity index (χ4n) is 4.72. The zero-order valence-electron chi connectivity index (χ0n) is 14.7. The summed E-state index contributed by atoms with van der Waals surface area (Å²) in [7, 11) is 0. The van der Waals surface area contributed by atoms with Crippen molar-refractivity contribution in [3.63, 3.8) is 0 Å². The second kappa shape index (κ2) is 5.86. The van der Waals surface area contributed by atoms with Crippen molar-refractivity contribution in [1.82, 2.24) is 0 Å². The number of rotatable bonds is 4. The molecule has 2 aliphatic carbocycles. The summed E-state index contributed by atoms with van der Waals surface area (Å²) < 4.78 is 10.6. The van der Waals surface area contributed by atoms with E-state index in [9.17, 15) is 9.59 Å². The second-order valence-corrected chi connectivity index (χ2v) is 7.87. The Morgan fingerprint density at radius 1 is 0.955 bits per heavy atom. The molecule has 0 spiro atoms. The lowest BCUT2D eigenvalue weighted by atomic mass is 9.54. The van der Waals surface area contributed by atoms with E-state index in [1.807, 2.05) is 0 Å². The molecule has 2 saturated carbocycles. The fourth-order valence-corrected chi connectivity index (χ4v) is 4.72. The molecule has 0 aliphatic heterocycles. The zero-order chi connectivity index (χ0) is 16.6. The molecule has 0 radical (unpaired) electrons. The molecule has 0 aromatic carbocycles. The molecule has 0 aromatic rings. The minimum absolute atomic E-state index is 0.281. The van der Waals surface area contributed by atoms with E-state index < -0.39 is 5.41 Å². The van der Waals surface area contributed by atoms with Crippen molar-refractivity contribution >= 4 is 11.9 Å². The standard InChI is InChI=1S/C18H30O4/c1-6-21-14(19)18(15(20)22-7-2)9-8-13-12-16(3,4)10-11-17(13,18)5/h13H,6-12H2,1-5H3/t13-,17+/m1/s1. The molecular weight excluding hydrogens is 280 g/mol. The van der Waals surface area contributed by atoms with Crippen molar-refractivity contribution in [2.75, 3.05) is 13.2 Å². The summed E-state index contributed by atoms with van der Waals surface area (Å²) >= 11 is 0. The number of hydrogen-bond donors (Lipinski definition) is 0. The van der Waals surface area contributed by atoms with Crippen LogP contribution in [0.25, 0.3) is 0 Å². The van der Waals surface area contributed by atoms with E-state index in [4.69, 9.17) is 9.47 Å². The maximum absolute atomic E-state index is 12.8. The van der Waals surface area contributed by atoms with Gasteiger partial charge >= 0.3 is 11.9 Å². The first-order valence-electron chi connectivity index (χ1n) is 8.58. The van der Waals surface area contributed by atoms with Crippen LogP contribution in [0.2, 0.25) is 0 Å². The summed E-state index contributed by atoms with van der Waals surface area (Å²) in [6.07, 6.45) is 4.42. The topological polar surface area (TPSA) is 52.6 Å². The molecule has 2 rings (SSSR count). The smallest absolute Gasteiger partial charge is 0.324 e. The first kappa shape index (κ1) is 17.3. The predicted molar refractivity (Wildman–Crippen MR) is 84.2 cm³/mol. The summed E-state index contributed by atoms with van der Waals surface area (Å²) in [5.74, 6) is -0.374. The molecule has 4 heteroatoms. The third kappa shape index (κ3) is 2.44. The molecule has 2 atom stereocenters. The Morgan fingerprint density at radius 2 is 1.50 bits per heavy atom. The molecule has 4 nitrogen and oxygen atoms in total. The van der Waals surface area contributed by atoms with Crippen molar-refractivity contribution in [2.45, 2.75) is 66.7 Å². The fraction of sp³-hybridized carbons (Fsp3) is 0.889. The zero-order valence-corrected chi connectivity index (χ0v) is 14.7. The number of esters is 2. The van der Waals surface area contributed by atoms with Crippen LogP contribution < -0.4 is 0 Å². The van der Waals surface area contributed by atoms with E-state index in [1.165, 1.54) is 0 Å². The van der Waals surface area contributed by atoms with Gasteiger partial charge < -0.3 is 9.47 Å². The van der Waals surface area contributed by atoms with Crippen LogP contribution in [0.15, 0.2) is 0 Å². The lowest BCUT2D eigenvalue weighted by Gasteiger charge is -2.49. The molecule has 2 aliphatic rings. The van der Waals surface area contributed by atoms with Crippen LogP contribution in [0, 0.1) is 22.2 Å². The van der Waals surface area contributed by atoms with Crippen molar-refractivity contribution in [1.29, 1.82) is 0 Å². The van der Waals surface area contributed by atoms with E-state index in [0.717, 1.165) is 25.7 Å². The molecule has 0 bridgehead atoms. The summed E-state index contributed by atoms with van der Waals surface area (Å²) in [5.41, 5.74) is -1.18. The third-order valence-corrected chi connectivity index (χ3v) is 6.11. The van der Waals surface area contributed by atoms with Gasteiger partial charge in [0, 0.05) is 0 Å². The Labute approximate surface area is 133 Å². The maximum Gasteiger partial charge on any atom is 0.324 e. The van der Waals surface area contributed by atoms with Crippen LogP contribution >= 0.6 is 0 Å². The van der Waals surface area contributed by atoms with Gasteiger partial charge in [-0.3, -0.25) is 9.59 Å². The SMILES string of the molecule is CCOC(=O)C1(C(=O)OCC)CC[C@@H]2CC(C)(C)CC[C@@]21C. The number of carbonyl (C=O) groups excluding carboxylic acids is 2. The minimum atomic E-state index is -1.11. The predicted octanol–water partition coefficient (Wildman–Crippen LogP) is 3.73. The average molecular weight is 310 g/mol. The van der Waals surface area contributed by atoms with Gasteiger partial charge in [0.05, 0.1) is 13.2 Å². The van der Waals surface area contributed by atoms with Gasteiger partial charge in [-0.1, -0.05) is 20.8 Å². The van der Waals surface area contributed by atoms with Gasteiger partial charge in [0.2, 0.25) is 0 Å². The summed E-state index contributed by atoms with van der Waals surface area (Å²) in [5, 5.41) is 0. The van der Waals surface area contributed by atoms with Crippen molar-refractivity contribution in [3.05, 3.63) is 0 Å². The molecule has 0 aromatic heterocycles. The lowest BCUT2D eigenvalue weighted by Crippen LogP contribution is -2.54. The van der Waals surface area contributed by atoms with Gasteiger partial charge in [-0.05, 0) is 62.7 Å². The average Bonchev–Trinajstić information content (AvgIpc) is 2.73. The highest BCUT2D eigenvalue weighted by atomic mass is 16.6. The highest BCUT2D eigenvalue weighted by Crippen LogP contribution is 2.65. The number of fused-ring (bicyclic) bond motifs is 1. The third-order valence-electron chi connectivity index (χ3n) is 6.11. The largest absolute Gasteiger partial charge is 0.465 e. The minimum Gasteiger partial charge on any atom is -0.465 e. The van der Waals surface area contributed by atoms with E-state index >= 15 is 0 Å². The molecule has 0 heterocycles. The van der Waals surface area contributed by atoms with Crippen molar-refractivity contribution in [2.24, 2.45) is 22.2 Å². The van der Waals surface area contributed by atoms with Crippen LogP contribution in [-0.4, -0.2) is 25.2 Å². The lowest BCUT2D eigenvalue weighted by molar-refractivity contribution is -0.185. The summed E-state index contributed by atoms with van der Waals surface area (Å²) in [4.78, 5) is 25.6. The number of carbonyl (C=O) groups is 2. The van der Waals surface area contributed by atoms with E-state index in [2.05, 4.69) is 20.8 Å². The molecule has 22 heavy (non-hydrogen) atoms. The van der Waals surface area contributed by atoms with Crippen LogP contribution in [0.1, 0.15) is 66.7 Å². The maximum atomic E-state index is 12.8. The highest BCUT2D eigenvalue weighted by molar-refractivity contribution is 6.01. The molecule has 2 fully saturated rings. The monoisotopic (exact) mass is 310 g/mol. The second-order valence-electron chi connectivity index (χ2n) is 7.87. The van der Waals surface area contributed by atoms with Crippen molar-refractivity contribution < 1.29 is 19.1 Å². The number of hydrogen-bond acceptors (Lipinski definition) is 4. The van der Waals surface area contributed by atoms with Gasteiger partial charge in [0.25, 0.3) is 0 Å². The van der Waals surface area contributed by atoms with Crippen molar-refractivity contribution in [3.8, 4) is 0 Å². The quantitative estimate of drug-likeness (QED) is 0.586. The van der Waals surface area contributed by atoms with E-state index in [1.54, 1.807) is 13.8 Å². The normalized spacial score (nSPS) is 32.1. The molecule has 0 unspecified atom stereocenters. The summed E-state index contributed by atoms with van der Waals surface area (Å²) in [6, 6.07) is 0. The van der Waals surface area contributed by atoms with E-state index in [-0.39, 0.29) is 22.8 Å². The molecule has 126 valence electrons. The first-order valence-corrected chi connectivity index (χ1v) is 8.58. The van der Waals surface area contributed by atoms with Gasteiger partial charge in [0.15, 0.2) is 5.41 Å². The molecule has 0 N–H and O–H groups in total. The van der Waals surface area contributed by atoms with Crippen LogP contribution in [0.4, 0.5) is 0 Å². The first-order chi connectivity index (χ1) is 10.2. The van der Waals surface area contributed by atoms with Gasteiger partial charge in [-0.15, -0.1) is 0 Å². The van der Waals surface area contributed by atoms with Gasteiger partial charge in [0.1, 0.15) is 0 Å². The summed E-state index contributed by atoms with van der Waals surface area (Å²) in [6.45, 7) is 10.8. The highest BCUT2D eigenvalue weighted by Gasteiger charge is 2.68.